The Morgan fingerprint density at radius 2 is 1.83 bits per heavy atom. The van der Waals surface area contributed by atoms with E-state index >= 15 is 0 Å². The summed E-state index contributed by atoms with van der Waals surface area (Å²) in [6.07, 6.45) is 0. The van der Waals surface area contributed by atoms with E-state index in [0.717, 1.165) is 12.1 Å². The summed E-state index contributed by atoms with van der Waals surface area (Å²) in [6.45, 7) is 0. The van der Waals surface area contributed by atoms with Crippen molar-refractivity contribution in [1.82, 2.24) is 0 Å². The van der Waals surface area contributed by atoms with Gasteiger partial charge in [0.1, 0.15) is 22.2 Å². The number of rotatable bonds is 4. The van der Waals surface area contributed by atoms with Crippen molar-refractivity contribution in [2.24, 2.45) is 0 Å². The Morgan fingerprint density at radius 1 is 1.07 bits per heavy atom. The van der Waals surface area contributed by atoms with Crippen LogP contribution in [0.5, 0.6) is 17.2 Å². The van der Waals surface area contributed by atoms with E-state index in [9.17, 15) is 17.6 Å². The summed E-state index contributed by atoms with van der Waals surface area (Å²) in [5, 5.41) is 3.09. The van der Waals surface area contributed by atoms with Gasteiger partial charge >= 0.3 is 0 Å². The van der Waals surface area contributed by atoms with Gasteiger partial charge in [-0.05, 0) is 54.6 Å². The molecule has 0 saturated carbocycles. The number of hydrogen-bond acceptors (Lipinski definition) is 5. The summed E-state index contributed by atoms with van der Waals surface area (Å²) in [5.41, 5.74) is 0.576. The highest BCUT2D eigenvalue weighted by molar-refractivity contribution is 7.92. The number of carbonyl (C=O) groups is 1. The second-order valence-electron chi connectivity index (χ2n) is 6.31. The number of anilines is 2. The molecule has 7 nitrogen and oxygen atoms in total. The lowest BCUT2D eigenvalue weighted by Crippen LogP contribution is -2.16. The fourth-order valence-electron chi connectivity index (χ4n) is 2.93. The zero-order valence-corrected chi connectivity index (χ0v) is 17.0. The average molecular weight is 449 g/mol. The van der Waals surface area contributed by atoms with E-state index in [0.29, 0.717) is 16.5 Å². The molecule has 1 amide bonds. The van der Waals surface area contributed by atoms with Crippen molar-refractivity contribution >= 4 is 38.9 Å². The standard InChI is InChI=1S/C20H14ClFN2O5S/c1-28-18-6-3-12(22)9-19(18)30(26,27)24-13-4-7-16-14(10-13)20(25)23-15-8-11(21)2-5-17(15)29-16/h2-10,24H,1H3,(H,23,25). The molecule has 0 atom stereocenters. The second kappa shape index (κ2) is 7.51. The van der Waals surface area contributed by atoms with Gasteiger partial charge in [0.2, 0.25) is 0 Å². The largest absolute Gasteiger partial charge is 0.495 e. The number of benzene rings is 3. The Labute approximate surface area is 176 Å². The maximum atomic E-state index is 13.6. The van der Waals surface area contributed by atoms with E-state index in [1.165, 1.54) is 31.4 Å². The van der Waals surface area contributed by atoms with E-state index in [2.05, 4.69) is 10.0 Å². The highest BCUT2D eigenvalue weighted by Crippen LogP contribution is 2.38. The molecular weight excluding hydrogens is 435 g/mol. The van der Waals surface area contributed by atoms with Crippen LogP contribution >= 0.6 is 11.6 Å². The monoisotopic (exact) mass is 448 g/mol. The maximum absolute atomic E-state index is 13.6. The summed E-state index contributed by atoms with van der Waals surface area (Å²) in [4.78, 5) is 12.3. The van der Waals surface area contributed by atoms with Crippen molar-refractivity contribution in [2.45, 2.75) is 4.90 Å². The maximum Gasteiger partial charge on any atom is 0.265 e. The van der Waals surface area contributed by atoms with Crippen LogP contribution in [0.4, 0.5) is 15.8 Å². The highest BCUT2D eigenvalue weighted by Gasteiger charge is 2.24. The Bertz CT molecular complexity index is 1280. The lowest BCUT2D eigenvalue weighted by Gasteiger charge is -2.13. The third-order valence-electron chi connectivity index (χ3n) is 4.30. The van der Waals surface area contributed by atoms with Crippen molar-refractivity contribution in [3.05, 3.63) is 71.0 Å². The van der Waals surface area contributed by atoms with Gasteiger partial charge in [-0.1, -0.05) is 11.6 Å². The number of nitrogens with one attached hydrogen (secondary N) is 2. The van der Waals surface area contributed by atoms with Gasteiger partial charge in [-0.25, -0.2) is 12.8 Å². The third kappa shape index (κ3) is 3.77. The number of methoxy groups -OCH3 is 1. The number of carbonyl (C=O) groups excluding carboxylic acids is 1. The van der Waals surface area contributed by atoms with Crippen LogP contribution in [0.25, 0.3) is 0 Å². The average Bonchev–Trinajstić information content (AvgIpc) is 2.83. The van der Waals surface area contributed by atoms with Gasteiger partial charge in [-0.3, -0.25) is 9.52 Å². The van der Waals surface area contributed by atoms with E-state index in [-0.39, 0.29) is 27.6 Å². The van der Waals surface area contributed by atoms with E-state index < -0.39 is 21.7 Å². The zero-order chi connectivity index (χ0) is 21.5. The quantitative estimate of drug-likeness (QED) is 0.606. The SMILES string of the molecule is COc1ccc(F)cc1S(=O)(=O)Nc1ccc2c(c1)C(=O)Nc1cc(Cl)ccc1O2. The van der Waals surface area contributed by atoms with Gasteiger partial charge in [-0.15, -0.1) is 0 Å². The molecule has 0 fully saturated rings. The van der Waals surface area contributed by atoms with Crippen LogP contribution in [0, 0.1) is 5.82 Å². The molecule has 0 spiro atoms. The molecule has 0 radical (unpaired) electrons. The number of sulfonamides is 1. The molecule has 3 aromatic carbocycles. The van der Waals surface area contributed by atoms with Crippen LogP contribution in [-0.2, 0) is 10.0 Å². The van der Waals surface area contributed by atoms with E-state index in [1.54, 1.807) is 18.2 Å². The van der Waals surface area contributed by atoms with E-state index in [1.807, 2.05) is 0 Å². The lowest BCUT2D eigenvalue weighted by molar-refractivity contribution is 0.102. The fraction of sp³-hybridized carbons (Fsp3) is 0.0500. The first kappa shape index (κ1) is 20.0. The van der Waals surface area contributed by atoms with Crippen LogP contribution in [-0.4, -0.2) is 21.4 Å². The molecule has 1 aliphatic rings. The van der Waals surface area contributed by atoms with Gasteiger partial charge < -0.3 is 14.8 Å². The third-order valence-corrected chi connectivity index (χ3v) is 5.94. The van der Waals surface area contributed by atoms with Gasteiger partial charge in [0.15, 0.2) is 5.75 Å². The van der Waals surface area contributed by atoms with Crippen LogP contribution < -0.4 is 19.5 Å². The van der Waals surface area contributed by atoms with Crippen LogP contribution in [0.1, 0.15) is 10.4 Å². The summed E-state index contributed by atoms with van der Waals surface area (Å²) in [7, 11) is -2.92. The number of hydrogen-bond donors (Lipinski definition) is 2. The van der Waals surface area contributed by atoms with Crippen molar-refractivity contribution in [1.29, 1.82) is 0 Å². The molecule has 1 heterocycles. The molecule has 10 heteroatoms. The Hall–Kier alpha value is -3.30. The lowest BCUT2D eigenvalue weighted by atomic mass is 10.1. The number of ether oxygens (including phenoxy) is 2. The first-order valence-corrected chi connectivity index (χ1v) is 10.4. The molecular formula is C20H14ClFN2O5S. The first-order chi connectivity index (χ1) is 14.3. The topological polar surface area (TPSA) is 93.7 Å². The normalized spacial score (nSPS) is 12.7. The van der Waals surface area contributed by atoms with E-state index in [4.69, 9.17) is 21.1 Å². The van der Waals surface area contributed by atoms with Crippen molar-refractivity contribution < 1.29 is 27.1 Å². The summed E-state index contributed by atoms with van der Waals surface area (Å²) in [5.74, 6) is -0.631. The first-order valence-electron chi connectivity index (χ1n) is 8.56. The van der Waals surface area contributed by atoms with Crippen molar-refractivity contribution in [2.75, 3.05) is 17.1 Å². The van der Waals surface area contributed by atoms with Gasteiger partial charge in [0.05, 0.1) is 18.4 Å². The van der Waals surface area contributed by atoms with Crippen LogP contribution in [0.15, 0.2) is 59.5 Å². The predicted octanol–water partition coefficient (Wildman–Crippen LogP) is 4.65. The molecule has 2 N–H and O–H groups in total. The number of amides is 1. The molecule has 0 saturated heterocycles. The minimum atomic E-state index is -4.20. The zero-order valence-electron chi connectivity index (χ0n) is 15.4. The minimum Gasteiger partial charge on any atom is -0.495 e. The van der Waals surface area contributed by atoms with Crippen molar-refractivity contribution in [3.8, 4) is 17.2 Å². The molecule has 0 unspecified atom stereocenters. The molecule has 3 aromatic rings. The van der Waals surface area contributed by atoms with Crippen LogP contribution in [0.2, 0.25) is 5.02 Å². The molecule has 30 heavy (non-hydrogen) atoms. The Balaban J connectivity index is 1.69. The molecule has 154 valence electrons. The van der Waals surface area contributed by atoms with Gasteiger partial charge in [-0.2, -0.15) is 0 Å². The van der Waals surface area contributed by atoms with Crippen molar-refractivity contribution in [3.63, 3.8) is 0 Å². The van der Waals surface area contributed by atoms with Gasteiger partial charge in [0.25, 0.3) is 15.9 Å². The summed E-state index contributed by atoms with van der Waals surface area (Å²) >= 11 is 5.96. The predicted molar refractivity (Wildman–Crippen MR) is 110 cm³/mol. The summed E-state index contributed by atoms with van der Waals surface area (Å²) in [6, 6.07) is 12.1. The van der Waals surface area contributed by atoms with Gasteiger partial charge in [0, 0.05) is 10.7 Å². The Morgan fingerprint density at radius 3 is 2.60 bits per heavy atom. The molecule has 0 aliphatic carbocycles. The number of fused-ring (bicyclic) bond motifs is 2. The minimum absolute atomic E-state index is 0.0212. The van der Waals surface area contributed by atoms with Crippen LogP contribution in [0.3, 0.4) is 0 Å². The molecule has 4 rings (SSSR count). The molecule has 1 aliphatic heterocycles. The second-order valence-corrected chi connectivity index (χ2v) is 8.40. The highest BCUT2D eigenvalue weighted by atomic mass is 35.5. The smallest absolute Gasteiger partial charge is 0.265 e. The molecule has 0 aromatic heterocycles. The fourth-order valence-corrected chi connectivity index (χ4v) is 4.33. The summed E-state index contributed by atoms with van der Waals surface area (Å²) < 4.78 is 52.2. The molecule has 0 bridgehead atoms. The number of halogens is 2. The Kier molecular flexibility index (Phi) is 5.00.